The third-order valence-electron chi connectivity index (χ3n) is 3.25. The van der Waals surface area contributed by atoms with Gasteiger partial charge in [0, 0.05) is 18.3 Å². The van der Waals surface area contributed by atoms with Gasteiger partial charge in [-0.25, -0.2) is 9.78 Å². The van der Waals surface area contributed by atoms with Crippen molar-refractivity contribution < 1.29 is 19.1 Å². The zero-order valence-corrected chi connectivity index (χ0v) is 13.6. The first-order valence-corrected chi connectivity index (χ1v) is 8.03. The fourth-order valence-electron chi connectivity index (χ4n) is 2.15. The van der Waals surface area contributed by atoms with Crippen LogP contribution in [-0.4, -0.2) is 39.3 Å². The number of esters is 1. The number of thiazole rings is 1. The van der Waals surface area contributed by atoms with E-state index < -0.39 is 17.8 Å². The van der Waals surface area contributed by atoms with Gasteiger partial charge in [0.25, 0.3) is 11.8 Å². The Kier molecular flexibility index (Phi) is 4.48. The molecule has 0 aliphatic carbocycles. The Morgan fingerprint density at radius 3 is 2.62 bits per heavy atom. The lowest BCUT2D eigenvalue weighted by molar-refractivity contribution is -0.137. The van der Waals surface area contributed by atoms with E-state index in [1.807, 2.05) is 6.07 Å². The monoisotopic (exact) mass is 343 g/mol. The Hall–Kier alpha value is -2.87. The number of aromatic nitrogens is 2. The molecule has 0 N–H and O–H groups in total. The van der Waals surface area contributed by atoms with Crippen LogP contribution in [0.5, 0.6) is 0 Å². The molecule has 24 heavy (non-hydrogen) atoms. The van der Waals surface area contributed by atoms with E-state index >= 15 is 0 Å². The predicted octanol–water partition coefficient (Wildman–Crippen LogP) is 1.81. The smallest absolute Gasteiger partial charge is 0.350 e. The summed E-state index contributed by atoms with van der Waals surface area (Å²) in [6.45, 7) is 1.84. The fourth-order valence-corrected chi connectivity index (χ4v) is 3.10. The van der Waals surface area contributed by atoms with E-state index in [2.05, 4.69) is 9.97 Å². The molecule has 0 unspecified atom stereocenters. The Balaban J connectivity index is 1.97. The minimum atomic E-state index is -0.528. The Labute approximate surface area is 141 Å². The minimum Gasteiger partial charge on any atom is -0.462 e. The number of pyridine rings is 1. The molecular formula is C16H13N3O4S. The van der Waals surface area contributed by atoms with Crippen molar-refractivity contribution in [1.82, 2.24) is 14.9 Å². The number of hydrogen-bond donors (Lipinski definition) is 0. The van der Waals surface area contributed by atoms with Crippen LogP contribution in [0, 0.1) is 0 Å². The lowest BCUT2D eigenvalue weighted by atomic mass is 10.3. The summed E-state index contributed by atoms with van der Waals surface area (Å²) in [4.78, 5) is 45.5. The van der Waals surface area contributed by atoms with Crippen molar-refractivity contribution in [3.05, 3.63) is 47.1 Å². The molecule has 7 nitrogen and oxygen atoms in total. The van der Waals surface area contributed by atoms with Crippen LogP contribution in [0.25, 0.3) is 10.7 Å². The molecule has 8 heteroatoms. The molecule has 3 heterocycles. The molecule has 122 valence electrons. The molecule has 0 fully saturated rings. The Morgan fingerprint density at radius 1 is 1.25 bits per heavy atom. The number of rotatable bonds is 5. The maximum Gasteiger partial charge on any atom is 0.350 e. The molecule has 2 aromatic rings. The molecule has 0 radical (unpaired) electrons. The maximum atomic E-state index is 12.2. The van der Waals surface area contributed by atoms with Crippen LogP contribution in [0.15, 0.2) is 36.5 Å². The second kappa shape index (κ2) is 6.71. The average Bonchev–Trinajstić information content (AvgIpc) is 3.15. The van der Waals surface area contributed by atoms with Crippen molar-refractivity contribution >= 4 is 29.1 Å². The number of amides is 2. The molecular weight excluding hydrogens is 330 g/mol. The highest BCUT2D eigenvalue weighted by atomic mass is 32.1. The largest absolute Gasteiger partial charge is 0.462 e. The Bertz CT molecular complexity index is 811. The molecule has 2 amide bonds. The molecule has 0 spiro atoms. The van der Waals surface area contributed by atoms with E-state index in [-0.39, 0.29) is 18.0 Å². The number of ether oxygens (including phenoxy) is 1. The van der Waals surface area contributed by atoms with Crippen LogP contribution in [0.4, 0.5) is 0 Å². The van der Waals surface area contributed by atoms with Gasteiger partial charge in [-0.15, -0.1) is 11.3 Å². The predicted molar refractivity (Wildman–Crippen MR) is 86.0 cm³/mol. The van der Waals surface area contributed by atoms with Crippen LogP contribution in [0.3, 0.4) is 0 Å². The van der Waals surface area contributed by atoms with E-state index in [4.69, 9.17) is 4.74 Å². The van der Waals surface area contributed by atoms with Crippen molar-refractivity contribution in [1.29, 1.82) is 0 Å². The second-order valence-electron chi connectivity index (χ2n) is 4.83. The minimum absolute atomic E-state index is 0.0812. The highest BCUT2D eigenvalue weighted by Gasteiger charge is 2.28. The van der Waals surface area contributed by atoms with Gasteiger partial charge < -0.3 is 4.74 Å². The van der Waals surface area contributed by atoms with Gasteiger partial charge in [-0.2, -0.15) is 0 Å². The van der Waals surface area contributed by atoms with Gasteiger partial charge in [0.15, 0.2) is 0 Å². The summed E-state index contributed by atoms with van der Waals surface area (Å²) in [6, 6.07) is 5.35. The SMILES string of the molecule is CCOC(=O)c1sc(-c2ccccn2)nc1CN1C(=O)C=CC1=O. The first-order chi connectivity index (χ1) is 11.6. The van der Waals surface area contributed by atoms with Gasteiger partial charge in [0.1, 0.15) is 9.88 Å². The first-order valence-electron chi connectivity index (χ1n) is 7.22. The van der Waals surface area contributed by atoms with E-state index in [1.54, 1.807) is 25.3 Å². The van der Waals surface area contributed by atoms with Crippen molar-refractivity contribution in [3.63, 3.8) is 0 Å². The van der Waals surface area contributed by atoms with E-state index in [1.165, 1.54) is 12.2 Å². The highest BCUT2D eigenvalue weighted by Crippen LogP contribution is 2.28. The standard InChI is InChI=1S/C16H13N3O4S/c1-2-23-16(22)14-11(9-19-12(20)6-7-13(19)21)18-15(24-14)10-5-3-4-8-17-10/h3-8H,2,9H2,1H3. The number of imide groups is 1. The van der Waals surface area contributed by atoms with Gasteiger partial charge in [-0.05, 0) is 19.1 Å². The topological polar surface area (TPSA) is 89.5 Å². The molecule has 1 aliphatic rings. The first kappa shape index (κ1) is 16.0. The van der Waals surface area contributed by atoms with Crippen LogP contribution in [0.1, 0.15) is 22.3 Å². The van der Waals surface area contributed by atoms with Crippen molar-refractivity contribution in [2.45, 2.75) is 13.5 Å². The zero-order chi connectivity index (χ0) is 17.1. The summed E-state index contributed by atoms with van der Waals surface area (Å²) in [5.41, 5.74) is 0.931. The van der Waals surface area contributed by atoms with E-state index in [9.17, 15) is 14.4 Å². The van der Waals surface area contributed by atoms with Crippen molar-refractivity contribution in [2.75, 3.05) is 6.61 Å². The number of carbonyl (C=O) groups excluding carboxylic acids is 3. The van der Waals surface area contributed by atoms with E-state index in [0.717, 1.165) is 16.2 Å². The average molecular weight is 343 g/mol. The molecule has 0 atom stereocenters. The van der Waals surface area contributed by atoms with Gasteiger partial charge in [-0.1, -0.05) is 6.07 Å². The number of nitrogens with zero attached hydrogens (tertiary/aromatic N) is 3. The summed E-state index contributed by atoms with van der Waals surface area (Å²) >= 11 is 1.13. The summed E-state index contributed by atoms with van der Waals surface area (Å²) in [5.74, 6) is -1.39. The normalized spacial score (nSPS) is 13.6. The van der Waals surface area contributed by atoms with Crippen LogP contribution >= 0.6 is 11.3 Å². The Morgan fingerprint density at radius 2 is 2.00 bits per heavy atom. The molecule has 2 aromatic heterocycles. The third-order valence-corrected chi connectivity index (χ3v) is 4.35. The summed E-state index contributed by atoms with van der Waals surface area (Å²) < 4.78 is 5.04. The van der Waals surface area contributed by atoms with Gasteiger partial charge in [0.05, 0.1) is 24.5 Å². The van der Waals surface area contributed by atoms with Crippen molar-refractivity contribution in [3.8, 4) is 10.7 Å². The van der Waals surface area contributed by atoms with Crippen LogP contribution in [0.2, 0.25) is 0 Å². The number of hydrogen-bond acceptors (Lipinski definition) is 7. The van der Waals surface area contributed by atoms with Gasteiger partial charge >= 0.3 is 5.97 Å². The van der Waals surface area contributed by atoms with E-state index in [0.29, 0.717) is 16.4 Å². The quantitative estimate of drug-likeness (QED) is 0.607. The zero-order valence-electron chi connectivity index (χ0n) is 12.8. The lowest BCUT2D eigenvalue weighted by Crippen LogP contribution is -2.30. The second-order valence-corrected chi connectivity index (χ2v) is 5.83. The summed E-state index contributed by atoms with van der Waals surface area (Å²) in [6.07, 6.45) is 4.01. The molecule has 3 rings (SSSR count). The van der Waals surface area contributed by atoms with Crippen molar-refractivity contribution in [2.24, 2.45) is 0 Å². The summed E-state index contributed by atoms with van der Waals surface area (Å²) in [7, 11) is 0. The molecule has 1 aliphatic heterocycles. The van der Waals surface area contributed by atoms with Crippen LogP contribution < -0.4 is 0 Å². The van der Waals surface area contributed by atoms with Gasteiger partial charge in [-0.3, -0.25) is 19.5 Å². The lowest BCUT2D eigenvalue weighted by Gasteiger charge is -2.12. The fraction of sp³-hybridized carbons (Fsp3) is 0.188. The molecule has 0 saturated carbocycles. The molecule has 0 bridgehead atoms. The maximum absolute atomic E-state index is 12.2. The summed E-state index contributed by atoms with van der Waals surface area (Å²) in [5, 5.41) is 0.528. The van der Waals surface area contributed by atoms with Gasteiger partial charge in [0.2, 0.25) is 0 Å². The molecule has 0 aromatic carbocycles. The number of carbonyl (C=O) groups is 3. The van der Waals surface area contributed by atoms with Crippen LogP contribution in [-0.2, 0) is 20.9 Å². The molecule has 0 saturated heterocycles. The third kappa shape index (κ3) is 3.09. The highest BCUT2D eigenvalue weighted by molar-refractivity contribution is 7.17.